The van der Waals surface area contributed by atoms with Crippen molar-refractivity contribution < 1.29 is 9.21 Å². The van der Waals surface area contributed by atoms with Crippen LogP contribution >= 0.6 is 11.8 Å². The maximum Gasteiger partial charge on any atom is 0.240 e. The molecule has 0 fully saturated rings. The van der Waals surface area contributed by atoms with Crippen LogP contribution in [-0.4, -0.2) is 22.1 Å². The number of unbranched alkanes of at least 4 members (excludes halogenated alkanes) is 1. The van der Waals surface area contributed by atoms with E-state index in [4.69, 9.17) is 4.42 Å². The van der Waals surface area contributed by atoms with Gasteiger partial charge in [-0.3, -0.25) is 4.79 Å². The first-order valence-electron chi connectivity index (χ1n) is 7.79. The molecule has 1 aromatic carbocycles. The third-order valence-electron chi connectivity index (χ3n) is 3.31. The van der Waals surface area contributed by atoms with Gasteiger partial charge in [0.2, 0.25) is 5.91 Å². The minimum atomic E-state index is -0.0865. The molecule has 2 N–H and O–H groups in total. The third kappa shape index (κ3) is 4.26. The van der Waals surface area contributed by atoms with Gasteiger partial charge in [0.25, 0.3) is 0 Å². The number of H-pyrrole nitrogens is 1. The molecule has 3 rings (SSSR count). The molecule has 24 heavy (non-hydrogen) atoms. The topological polar surface area (TPSA) is 83.3 Å². The van der Waals surface area contributed by atoms with Crippen molar-refractivity contribution in [3.8, 4) is 0 Å². The zero-order valence-electron chi connectivity index (χ0n) is 13.3. The van der Waals surface area contributed by atoms with E-state index in [9.17, 15) is 4.79 Å². The monoisotopic (exact) mass is 342 g/mol. The molecular weight excluding hydrogens is 324 g/mol. The van der Waals surface area contributed by atoms with Crippen LogP contribution in [0, 0.1) is 0 Å². The Labute approximate surface area is 143 Å². The molecule has 0 saturated carbocycles. The van der Waals surface area contributed by atoms with E-state index in [0.717, 1.165) is 29.0 Å². The molecule has 0 aliphatic heterocycles. The number of furan rings is 1. The first-order chi connectivity index (χ1) is 11.7. The number of benzene rings is 1. The molecule has 1 amide bonds. The lowest BCUT2D eigenvalue weighted by Crippen LogP contribution is -2.16. The van der Waals surface area contributed by atoms with E-state index in [1.54, 1.807) is 6.07 Å². The summed E-state index contributed by atoms with van der Waals surface area (Å²) in [6.45, 7) is 2.04. The minimum absolute atomic E-state index is 0.0865. The Hall–Kier alpha value is -2.54. The molecule has 2 aromatic heterocycles. The fourth-order valence-corrected chi connectivity index (χ4v) is 2.86. The van der Waals surface area contributed by atoms with Crippen molar-refractivity contribution in [3.63, 3.8) is 0 Å². The molecule has 124 valence electrons. The quantitative estimate of drug-likeness (QED) is 0.503. The molecule has 0 atom stereocenters. The maximum absolute atomic E-state index is 11.5. The number of hydrazone groups is 1. The predicted octanol–water partition coefficient (Wildman–Crippen LogP) is 3.95. The summed E-state index contributed by atoms with van der Waals surface area (Å²) < 4.78 is 5.65. The number of carbonyl (C=O) groups excluding carboxylic acids is 1. The van der Waals surface area contributed by atoms with E-state index in [1.807, 2.05) is 37.3 Å². The Balaban J connectivity index is 1.58. The molecule has 0 spiro atoms. The summed E-state index contributed by atoms with van der Waals surface area (Å²) in [5.74, 6) is 0.487. The van der Waals surface area contributed by atoms with Crippen LogP contribution in [0.1, 0.15) is 31.9 Å². The molecule has 0 unspecified atom stereocenters. The van der Waals surface area contributed by atoms with Gasteiger partial charge < -0.3 is 9.40 Å². The Morgan fingerprint density at radius 3 is 3.08 bits per heavy atom. The summed E-state index contributed by atoms with van der Waals surface area (Å²) in [5.41, 5.74) is 4.40. The summed E-state index contributed by atoms with van der Waals surface area (Å²) in [6.07, 6.45) is 3.82. The van der Waals surface area contributed by atoms with Crippen molar-refractivity contribution in [2.24, 2.45) is 5.10 Å². The van der Waals surface area contributed by atoms with Gasteiger partial charge in [0.15, 0.2) is 10.2 Å². The first-order valence-corrected chi connectivity index (χ1v) is 8.60. The van der Waals surface area contributed by atoms with Crippen molar-refractivity contribution in [1.82, 2.24) is 15.4 Å². The summed E-state index contributed by atoms with van der Waals surface area (Å²) >= 11 is 1.40. The van der Waals surface area contributed by atoms with E-state index >= 15 is 0 Å². The molecule has 0 aliphatic carbocycles. The Morgan fingerprint density at radius 2 is 2.25 bits per heavy atom. The number of fused-ring (bicyclic) bond motifs is 1. The van der Waals surface area contributed by atoms with E-state index < -0.39 is 0 Å². The van der Waals surface area contributed by atoms with Crippen molar-refractivity contribution in [3.05, 3.63) is 42.2 Å². The molecular formula is C17H18N4O2S. The highest BCUT2D eigenvalue weighted by Crippen LogP contribution is 2.28. The average Bonchev–Trinajstić information content (AvgIpc) is 3.19. The van der Waals surface area contributed by atoms with Crippen LogP contribution in [0.2, 0.25) is 0 Å². The van der Waals surface area contributed by atoms with Crippen molar-refractivity contribution in [1.29, 1.82) is 0 Å². The second kappa shape index (κ2) is 7.83. The van der Waals surface area contributed by atoms with Crippen LogP contribution < -0.4 is 5.43 Å². The summed E-state index contributed by atoms with van der Waals surface area (Å²) in [4.78, 5) is 19.2. The fourth-order valence-electron chi connectivity index (χ4n) is 2.09. The van der Waals surface area contributed by atoms with E-state index in [1.165, 1.54) is 18.0 Å². The van der Waals surface area contributed by atoms with Gasteiger partial charge in [-0.05, 0) is 42.4 Å². The lowest BCUT2D eigenvalue weighted by Gasteiger charge is -1.96. The molecule has 7 heteroatoms. The molecule has 6 nitrogen and oxygen atoms in total. The number of hydrogen-bond donors (Lipinski definition) is 2. The van der Waals surface area contributed by atoms with Crippen molar-refractivity contribution in [2.45, 2.75) is 36.4 Å². The number of carbonyl (C=O) groups is 1. The molecule has 0 bridgehead atoms. The van der Waals surface area contributed by atoms with Crippen LogP contribution in [0.3, 0.4) is 0 Å². The predicted molar refractivity (Wildman–Crippen MR) is 94.2 cm³/mol. The molecule has 3 aromatic rings. The van der Waals surface area contributed by atoms with Crippen molar-refractivity contribution in [2.75, 3.05) is 0 Å². The number of aromatic amines is 1. The third-order valence-corrected chi connectivity index (χ3v) is 4.11. The van der Waals surface area contributed by atoms with Gasteiger partial charge in [0.05, 0.1) is 17.2 Å². The number of nitrogens with zero attached hydrogens (tertiary/aromatic N) is 2. The molecule has 0 aliphatic rings. The number of rotatable bonds is 7. The van der Waals surface area contributed by atoms with E-state index in [0.29, 0.717) is 17.3 Å². The van der Waals surface area contributed by atoms with Crippen LogP contribution in [0.4, 0.5) is 0 Å². The van der Waals surface area contributed by atoms with Gasteiger partial charge in [0.1, 0.15) is 5.76 Å². The van der Waals surface area contributed by atoms with Crippen LogP contribution in [0.25, 0.3) is 11.0 Å². The smallest absolute Gasteiger partial charge is 0.240 e. The SMILES string of the molecule is CCCCC(=O)NN=Cc1ccc(Sc2nc3ccccc3[nH]2)o1. The van der Waals surface area contributed by atoms with Gasteiger partial charge in [-0.15, -0.1) is 0 Å². The molecule has 0 saturated heterocycles. The Bertz CT molecular complexity index is 820. The van der Waals surface area contributed by atoms with Crippen LogP contribution in [0.15, 0.2) is 56.2 Å². The normalized spacial score (nSPS) is 11.4. The van der Waals surface area contributed by atoms with Gasteiger partial charge in [-0.1, -0.05) is 25.5 Å². The first kappa shape index (κ1) is 16.3. The van der Waals surface area contributed by atoms with E-state index in [-0.39, 0.29) is 5.91 Å². The van der Waals surface area contributed by atoms with Crippen LogP contribution in [-0.2, 0) is 4.79 Å². The lowest BCUT2D eigenvalue weighted by molar-refractivity contribution is -0.121. The van der Waals surface area contributed by atoms with Crippen molar-refractivity contribution >= 4 is 34.9 Å². The number of nitrogens with one attached hydrogen (secondary N) is 2. The second-order valence-corrected chi connectivity index (χ2v) is 6.21. The van der Waals surface area contributed by atoms with Gasteiger partial charge in [-0.25, -0.2) is 10.4 Å². The number of hydrogen-bond acceptors (Lipinski definition) is 5. The highest BCUT2D eigenvalue weighted by molar-refractivity contribution is 7.99. The van der Waals surface area contributed by atoms with Gasteiger partial charge in [0, 0.05) is 6.42 Å². The summed E-state index contributed by atoms with van der Waals surface area (Å²) in [6, 6.07) is 11.5. The highest BCUT2D eigenvalue weighted by atomic mass is 32.2. The van der Waals surface area contributed by atoms with E-state index in [2.05, 4.69) is 20.5 Å². The lowest BCUT2D eigenvalue weighted by atomic mass is 10.2. The summed E-state index contributed by atoms with van der Waals surface area (Å²) in [5, 5.41) is 5.37. The second-order valence-electron chi connectivity index (χ2n) is 5.21. The average molecular weight is 342 g/mol. The summed E-state index contributed by atoms with van der Waals surface area (Å²) in [7, 11) is 0. The molecule has 0 radical (unpaired) electrons. The zero-order chi connectivity index (χ0) is 16.8. The Kier molecular flexibility index (Phi) is 5.32. The number of aromatic nitrogens is 2. The number of imidazole rings is 1. The molecule has 2 heterocycles. The largest absolute Gasteiger partial charge is 0.448 e. The Morgan fingerprint density at radius 1 is 1.38 bits per heavy atom. The standard InChI is InChI=1S/C17H18N4O2S/c1-2-3-8-15(22)21-18-11-12-9-10-16(23-12)24-17-19-13-6-4-5-7-14(13)20-17/h4-7,9-11H,2-3,8H2,1H3,(H,19,20)(H,21,22). The fraction of sp³-hybridized carbons (Fsp3) is 0.235. The number of amides is 1. The maximum atomic E-state index is 11.5. The highest BCUT2D eigenvalue weighted by Gasteiger charge is 2.07. The van der Waals surface area contributed by atoms with Crippen LogP contribution in [0.5, 0.6) is 0 Å². The zero-order valence-corrected chi connectivity index (χ0v) is 14.1. The minimum Gasteiger partial charge on any atom is -0.448 e. The van der Waals surface area contributed by atoms with Gasteiger partial charge in [-0.2, -0.15) is 5.10 Å². The number of para-hydroxylation sites is 2. The van der Waals surface area contributed by atoms with Gasteiger partial charge >= 0.3 is 0 Å².